The first-order valence-electron chi connectivity index (χ1n) is 6.06. The smallest absolute Gasteiger partial charge is 0.330 e. The van der Waals surface area contributed by atoms with E-state index in [1.165, 1.54) is 32.4 Å². The molecule has 0 saturated heterocycles. The van der Waals surface area contributed by atoms with Gasteiger partial charge in [-0.3, -0.25) is 0 Å². The van der Waals surface area contributed by atoms with Gasteiger partial charge in [-0.05, 0) is 25.2 Å². The van der Waals surface area contributed by atoms with E-state index in [1.54, 1.807) is 0 Å². The van der Waals surface area contributed by atoms with Crippen molar-refractivity contribution >= 4 is 5.97 Å². The summed E-state index contributed by atoms with van der Waals surface area (Å²) in [5.74, 6) is 0.525. The van der Waals surface area contributed by atoms with E-state index in [2.05, 4.69) is 30.7 Å². The summed E-state index contributed by atoms with van der Waals surface area (Å²) in [7, 11) is 1.39. The van der Waals surface area contributed by atoms with Crippen LogP contribution in [0.4, 0.5) is 0 Å². The maximum Gasteiger partial charge on any atom is 0.330 e. The molecule has 0 spiro atoms. The van der Waals surface area contributed by atoms with Gasteiger partial charge in [0.05, 0.1) is 7.11 Å². The van der Waals surface area contributed by atoms with E-state index in [4.69, 9.17) is 0 Å². The Morgan fingerprint density at radius 3 is 2.56 bits per heavy atom. The SMILES string of the molecule is COC(=O)/C=C\C/C=C/CCCCC(C)C. The number of unbranched alkanes of at least 4 members (excludes halogenated alkanes) is 2. The first kappa shape index (κ1) is 14.9. The fraction of sp³-hybridized carbons (Fsp3) is 0.643. The van der Waals surface area contributed by atoms with Gasteiger partial charge in [-0.1, -0.05) is 44.9 Å². The van der Waals surface area contributed by atoms with E-state index in [-0.39, 0.29) is 5.97 Å². The van der Waals surface area contributed by atoms with Gasteiger partial charge >= 0.3 is 5.97 Å². The molecule has 0 bridgehead atoms. The van der Waals surface area contributed by atoms with Crippen LogP contribution >= 0.6 is 0 Å². The summed E-state index contributed by atoms with van der Waals surface area (Å²) in [5.41, 5.74) is 0. The normalized spacial score (nSPS) is 11.8. The number of carbonyl (C=O) groups is 1. The number of carbonyl (C=O) groups excluding carboxylic acids is 1. The molecule has 0 amide bonds. The molecule has 2 heteroatoms. The lowest BCUT2D eigenvalue weighted by Gasteiger charge is -2.01. The number of rotatable bonds is 8. The molecule has 0 saturated carbocycles. The molecule has 0 rings (SSSR count). The number of hydrogen-bond acceptors (Lipinski definition) is 2. The molecule has 0 aromatic rings. The minimum Gasteiger partial charge on any atom is -0.466 e. The Bertz CT molecular complexity index is 227. The van der Waals surface area contributed by atoms with E-state index in [0.717, 1.165) is 18.8 Å². The molecule has 0 unspecified atom stereocenters. The van der Waals surface area contributed by atoms with E-state index in [0.29, 0.717) is 0 Å². The lowest BCUT2D eigenvalue weighted by atomic mass is 10.1. The van der Waals surface area contributed by atoms with Crippen molar-refractivity contribution in [1.82, 2.24) is 0 Å². The third kappa shape index (κ3) is 11.0. The van der Waals surface area contributed by atoms with E-state index in [9.17, 15) is 4.79 Å². The van der Waals surface area contributed by atoms with Crippen LogP contribution in [0.25, 0.3) is 0 Å². The van der Waals surface area contributed by atoms with Crippen molar-refractivity contribution < 1.29 is 9.53 Å². The lowest BCUT2D eigenvalue weighted by molar-refractivity contribution is -0.134. The summed E-state index contributed by atoms with van der Waals surface area (Å²) < 4.78 is 4.48. The van der Waals surface area contributed by atoms with E-state index in [1.807, 2.05) is 6.08 Å². The Morgan fingerprint density at radius 1 is 1.19 bits per heavy atom. The summed E-state index contributed by atoms with van der Waals surface area (Å²) in [5, 5.41) is 0. The van der Waals surface area contributed by atoms with Crippen LogP contribution in [0.5, 0.6) is 0 Å². The Labute approximate surface area is 99.4 Å². The third-order valence-electron chi connectivity index (χ3n) is 2.30. The van der Waals surface area contributed by atoms with Crippen molar-refractivity contribution in [3.63, 3.8) is 0 Å². The van der Waals surface area contributed by atoms with Crippen molar-refractivity contribution in [2.24, 2.45) is 5.92 Å². The molecule has 0 fully saturated rings. The van der Waals surface area contributed by atoms with Crippen molar-refractivity contribution in [3.05, 3.63) is 24.3 Å². The number of methoxy groups -OCH3 is 1. The highest BCUT2D eigenvalue weighted by molar-refractivity contribution is 5.81. The van der Waals surface area contributed by atoms with E-state index < -0.39 is 0 Å². The van der Waals surface area contributed by atoms with Crippen LogP contribution in [-0.4, -0.2) is 13.1 Å². The second-order valence-corrected chi connectivity index (χ2v) is 4.31. The lowest BCUT2D eigenvalue weighted by Crippen LogP contribution is -1.92. The highest BCUT2D eigenvalue weighted by Gasteiger charge is 1.92. The summed E-state index contributed by atoms with van der Waals surface area (Å²) in [6.07, 6.45) is 13.4. The van der Waals surface area contributed by atoms with Crippen LogP contribution in [0.2, 0.25) is 0 Å². The monoisotopic (exact) mass is 224 g/mol. The fourth-order valence-corrected chi connectivity index (χ4v) is 1.34. The van der Waals surface area contributed by atoms with Gasteiger partial charge in [0.15, 0.2) is 0 Å². The zero-order valence-corrected chi connectivity index (χ0v) is 10.7. The standard InChI is InChI=1S/C14H24O2/c1-13(2)11-9-7-5-4-6-8-10-12-14(15)16-3/h4,6,10,12-13H,5,7-9,11H2,1-3H3/b6-4+,12-10-. The highest BCUT2D eigenvalue weighted by atomic mass is 16.5. The molecule has 16 heavy (non-hydrogen) atoms. The summed E-state index contributed by atoms with van der Waals surface area (Å²) in [6.45, 7) is 4.51. The van der Waals surface area contributed by atoms with Crippen molar-refractivity contribution in [3.8, 4) is 0 Å². The second kappa shape index (κ2) is 10.5. The molecule has 0 aromatic heterocycles. The molecular weight excluding hydrogens is 200 g/mol. The minimum atomic E-state index is -0.287. The first-order valence-corrected chi connectivity index (χ1v) is 6.06. The molecule has 0 N–H and O–H groups in total. The van der Waals surface area contributed by atoms with Gasteiger partial charge in [-0.15, -0.1) is 0 Å². The quantitative estimate of drug-likeness (QED) is 0.271. The van der Waals surface area contributed by atoms with E-state index >= 15 is 0 Å². The molecule has 0 aromatic carbocycles. The number of hydrogen-bond donors (Lipinski definition) is 0. The number of allylic oxidation sites excluding steroid dienone is 3. The van der Waals surface area contributed by atoms with Gasteiger partial charge in [-0.2, -0.15) is 0 Å². The molecule has 92 valence electrons. The van der Waals surface area contributed by atoms with Crippen LogP contribution in [0.3, 0.4) is 0 Å². The average molecular weight is 224 g/mol. The summed E-state index contributed by atoms with van der Waals surface area (Å²) >= 11 is 0. The van der Waals surface area contributed by atoms with Crippen LogP contribution in [-0.2, 0) is 9.53 Å². The predicted octanol–water partition coefficient (Wildman–Crippen LogP) is 3.88. The Hall–Kier alpha value is -1.05. The summed E-state index contributed by atoms with van der Waals surface area (Å²) in [4.78, 5) is 10.7. The molecular formula is C14H24O2. The van der Waals surface area contributed by atoms with Gasteiger partial charge in [0.25, 0.3) is 0 Å². The van der Waals surface area contributed by atoms with Gasteiger partial charge in [0.2, 0.25) is 0 Å². The Morgan fingerprint density at radius 2 is 1.94 bits per heavy atom. The Balaban J connectivity index is 3.35. The van der Waals surface area contributed by atoms with Crippen molar-refractivity contribution in [2.75, 3.05) is 7.11 Å². The number of esters is 1. The van der Waals surface area contributed by atoms with Crippen molar-refractivity contribution in [1.29, 1.82) is 0 Å². The molecule has 0 heterocycles. The maximum absolute atomic E-state index is 10.7. The third-order valence-corrected chi connectivity index (χ3v) is 2.30. The highest BCUT2D eigenvalue weighted by Crippen LogP contribution is 2.08. The molecule has 0 aliphatic rings. The zero-order chi connectivity index (χ0) is 12.2. The van der Waals surface area contributed by atoms with Crippen LogP contribution < -0.4 is 0 Å². The van der Waals surface area contributed by atoms with Crippen LogP contribution in [0.1, 0.15) is 46.0 Å². The topological polar surface area (TPSA) is 26.3 Å². The molecule has 0 aliphatic carbocycles. The second-order valence-electron chi connectivity index (χ2n) is 4.31. The van der Waals surface area contributed by atoms with Crippen LogP contribution in [0.15, 0.2) is 24.3 Å². The average Bonchev–Trinajstić information content (AvgIpc) is 2.26. The predicted molar refractivity (Wildman–Crippen MR) is 68.2 cm³/mol. The molecule has 2 nitrogen and oxygen atoms in total. The molecule has 0 radical (unpaired) electrons. The Kier molecular flexibility index (Phi) is 9.78. The zero-order valence-electron chi connectivity index (χ0n) is 10.7. The first-order chi connectivity index (χ1) is 7.66. The maximum atomic E-state index is 10.7. The van der Waals surface area contributed by atoms with Gasteiger partial charge in [-0.25, -0.2) is 4.79 Å². The summed E-state index contributed by atoms with van der Waals surface area (Å²) in [6, 6.07) is 0. The fourth-order valence-electron chi connectivity index (χ4n) is 1.34. The van der Waals surface area contributed by atoms with Crippen LogP contribution in [0, 0.1) is 5.92 Å². The number of ether oxygens (including phenoxy) is 1. The molecule has 0 atom stereocenters. The minimum absolute atomic E-state index is 0.287. The van der Waals surface area contributed by atoms with Gasteiger partial charge in [0.1, 0.15) is 0 Å². The van der Waals surface area contributed by atoms with Gasteiger partial charge in [0, 0.05) is 6.08 Å². The largest absolute Gasteiger partial charge is 0.466 e. The van der Waals surface area contributed by atoms with Crippen molar-refractivity contribution in [2.45, 2.75) is 46.0 Å². The van der Waals surface area contributed by atoms with Gasteiger partial charge < -0.3 is 4.74 Å². The molecule has 0 aliphatic heterocycles.